The molecule has 1 fully saturated rings. The molecule has 1 aromatic rings. The summed E-state index contributed by atoms with van der Waals surface area (Å²) < 4.78 is 10.1. The summed E-state index contributed by atoms with van der Waals surface area (Å²) in [5.74, 6) is 5.26. The Labute approximate surface area is 81.4 Å². The fourth-order valence-corrected chi connectivity index (χ4v) is 1.18. The van der Waals surface area contributed by atoms with E-state index in [0.29, 0.717) is 6.61 Å². The maximum Gasteiger partial charge on any atom is 0.227 e. The van der Waals surface area contributed by atoms with Gasteiger partial charge in [-0.25, -0.2) is 0 Å². The zero-order valence-electron chi connectivity index (χ0n) is 6.94. The van der Waals surface area contributed by atoms with Crippen molar-refractivity contribution < 1.29 is 26.6 Å². The van der Waals surface area contributed by atoms with Crippen molar-refractivity contribution >= 4 is 0 Å². The number of morpholine rings is 1. The van der Waals surface area contributed by atoms with Gasteiger partial charge in [-0.15, -0.1) is 5.84 Å². The van der Waals surface area contributed by atoms with Gasteiger partial charge in [-0.3, -0.25) is 0 Å². The SMILES string of the molecule is N[n+]1nc(C2COCCN2)co1.[Cl-]. The molecule has 1 unspecified atom stereocenters. The fraction of sp³-hybridized carbons (Fsp3) is 0.667. The van der Waals surface area contributed by atoms with Crippen molar-refractivity contribution in [2.24, 2.45) is 0 Å². The number of aromatic nitrogens is 2. The molecule has 0 radical (unpaired) electrons. The van der Waals surface area contributed by atoms with E-state index in [9.17, 15) is 0 Å². The number of nitrogens with one attached hydrogen (secondary N) is 1. The van der Waals surface area contributed by atoms with Crippen LogP contribution in [-0.4, -0.2) is 24.9 Å². The van der Waals surface area contributed by atoms with E-state index in [1.165, 1.54) is 6.26 Å². The molecule has 6 nitrogen and oxygen atoms in total. The third kappa shape index (κ3) is 2.30. The van der Waals surface area contributed by atoms with Gasteiger partial charge in [0.2, 0.25) is 11.2 Å². The van der Waals surface area contributed by atoms with Crippen LogP contribution >= 0.6 is 0 Å². The topological polar surface area (TPSA) is 77.2 Å². The smallest absolute Gasteiger partial charge is 0.227 e. The molecule has 3 N–H and O–H groups in total. The maximum atomic E-state index is 5.26. The standard InChI is InChI=1S/C6H11N4O2.ClH/c7-10-9-6(4-12-10)5-3-11-2-1-8-5;/h4-5,8H,1-3H2,(H2,7,9);1H/q+1;/p-1. The van der Waals surface area contributed by atoms with Gasteiger partial charge in [0.05, 0.1) is 24.4 Å². The Morgan fingerprint density at radius 2 is 2.54 bits per heavy atom. The zero-order chi connectivity index (χ0) is 8.39. The normalized spacial score (nSPS) is 22.3. The van der Waals surface area contributed by atoms with Crippen LogP contribution in [0.3, 0.4) is 0 Å². The number of rotatable bonds is 1. The quantitative estimate of drug-likeness (QED) is 0.357. The van der Waals surface area contributed by atoms with Crippen LogP contribution in [0, 0.1) is 0 Å². The first-order valence-corrected chi connectivity index (χ1v) is 3.81. The predicted octanol–water partition coefficient (Wildman–Crippen LogP) is -4.66. The lowest BCUT2D eigenvalue weighted by Crippen LogP contribution is -3.00. The van der Waals surface area contributed by atoms with E-state index in [-0.39, 0.29) is 18.4 Å². The summed E-state index contributed by atoms with van der Waals surface area (Å²) in [4.78, 5) is 0.936. The summed E-state index contributed by atoms with van der Waals surface area (Å²) in [5.41, 5.74) is 0.775. The first-order chi connectivity index (χ1) is 5.86. The Kier molecular flexibility index (Phi) is 3.47. The minimum absolute atomic E-state index is 0. The van der Waals surface area contributed by atoms with Gasteiger partial charge in [-0.1, -0.05) is 0 Å². The summed E-state index contributed by atoms with van der Waals surface area (Å²) in [5, 5.41) is 7.15. The van der Waals surface area contributed by atoms with Crippen LogP contribution in [0.1, 0.15) is 11.7 Å². The molecule has 0 bridgehead atoms. The molecule has 2 heterocycles. The zero-order valence-corrected chi connectivity index (χ0v) is 7.70. The molecular weight excluding hydrogens is 196 g/mol. The van der Waals surface area contributed by atoms with Crippen LogP contribution in [0.25, 0.3) is 0 Å². The van der Waals surface area contributed by atoms with E-state index in [0.717, 1.165) is 23.8 Å². The summed E-state index contributed by atoms with van der Waals surface area (Å²) in [6.45, 7) is 2.20. The van der Waals surface area contributed by atoms with Gasteiger partial charge in [-0.2, -0.15) is 4.52 Å². The van der Waals surface area contributed by atoms with Crippen molar-refractivity contribution in [2.45, 2.75) is 6.04 Å². The highest BCUT2D eigenvalue weighted by molar-refractivity contribution is 4.97. The molecule has 1 aliphatic rings. The molecule has 1 atom stereocenters. The first kappa shape index (κ1) is 10.2. The lowest BCUT2D eigenvalue weighted by Gasteiger charge is -2.20. The molecule has 7 heteroatoms. The molecule has 0 aliphatic carbocycles. The van der Waals surface area contributed by atoms with Crippen molar-refractivity contribution in [2.75, 3.05) is 25.6 Å². The van der Waals surface area contributed by atoms with Gasteiger partial charge in [0.1, 0.15) is 0 Å². The largest absolute Gasteiger partial charge is 1.00 e. The predicted molar refractivity (Wildman–Crippen MR) is 38.4 cm³/mol. The van der Waals surface area contributed by atoms with Gasteiger partial charge in [0.15, 0.2) is 5.69 Å². The molecule has 1 aliphatic heterocycles. The Morgan fingerprint density at radius 1 is 1.69 bits per heavy atom. The molecule has 0 amide bonds. The average Bonchev–Trinajstić information content (AvgIpc) is 2.54. The van der Waals surface area contributed by atoms with E-state index in [4.69, 9.17) is 15.1 Å². The molecule has 74 valence electrons. The highest BCUT2D eigenvalue weighted by atomic mass is 35.5. The third-order valence-electron chi connectivity index (χ3n) is 1.77. The Hall–Kier alpha value is -0.850. The van der Waals surface area contributed by atoms with Crippen LogP contribution < -0.4 is 28.5 Å². The maximum absolute atomic E-state index is 5.26. The van der Waals surface area contributed by atoms with Crippen LogP contribution in [0.15, 0.2) is 10.8 Å². The number of halogens is 1. The van der Waals surface area contributed by atoms with Crippen LogP contribution in [-0.2, 0) is 4.74 Å². The van der Waals surface area contributed by atoms with E-state index >= 15 is 0 Å². The van der Waals surface area contributed by atoms with Crippen LogP contribution in [0.2, 0.25) is 0 Å². The highest BCUT2D eigenvalue weighted by Crippen LogP contribution is 2.10. The Balaban J connectivity index is 0.000000845. The lowest BCUT2D eigenvalue weighted by molar-refractivity contribution is -0.866. The van der Waals surface area contributed by atoms with E-state index < -0.39 is 0 Å². The van der Waals surface area contributed by atoms with Crippen LogP contribution in [0.4, 0.5) is 0 Å². The monoisotopic (exact) mass is 206 g/mol. The van der Waals surface area contributed by atoms with Crippen molar-refractivity contribution in [3.8, 4) is 0 Å². The number of hydrogen-bond donors (Lipinski definition) is 2. The van der Waals surface area contributed by atoms with E-state index in [1.807, 2.05) is 0 Å². The summed E-state index contributed by atoms with van der Waals surface area (Å²) >= 11 is 0. The van der Waals surface area contributed by atoms with Gasteiger partial charge in [-0.05, 0) is 0 Å². The average molecular weight is 207 g/mol. The van der Waals surface area contributed by atoms with Gasteiger partial charge in [0, 0.05) is 6.54 Å². The number of ether oxygens (including phenoxy) is 1. The third-order valence-corrected chi connectivity index (χ3v) is 1.77. The summed E-state index contributed by atoms with van der Waals surface area (Å²) in [6.07, 6.45) is 1.52. The van der Waals surface area contributed by atoms with E-state index in [1.54, 1.807) is 0 Å². The lowest BCUT2D eigenvalue weighted by atomic mass is 10.2. The van der Waals surface area contributed by atoms with Crippen molar-refractivity contribution in [1.82, 2.24) is 10.4 Å². The summed E-state index contributed by atoms with van der Waals surface area (Å²) in [7, 11) is 0. The molecule has 0 saturated carbocycles. The van der Waals surface area contributed by atoms with Gasteiger partial charge in [0.25, 0.3) is 0 Å². The highest BCUT2D eigenvalue weighted by Gasteiger charge is 2.22. The molecule has 0 aromatic carbocycles. The first-order valence-electron chi connectivity index (χ1n) is 3.81. The molecule has 0 spiro atoms. The molecule has 1 aromatic heterocycles. The molecule has 1 saturated heterocycles. The van der Waals surface area contributed by atoms with Crippen molar-refractivity contribution in [3.05, 3.63) is 12.0 Å². The second-order valence-electron chi connectivity index (χ2n) is 2.63. The second kappa shape index (κ2) is 4.40. The van der Waals surface area contributed by atoms with Crippen LogP contribution in [0.5, 0.6) is 0 Å². The van der Waals surface area contributed by atoms with Crippen molar-refractivity contribution in [3.63, 3.8) is 0 Å². The Morgan fingerprint density at radius 3 is 3.08 bits per heavy atom. The number of nitrogens with zero attached hydrogens (tertiary/aromatic N) is 2. The van der Waals surface area contributed by atoms with Crippen molar-refractivity contribution in [1.29, 1.82) is 0 Å². The molecular formula is C6H11ClN4O2. The minimum atomic E-state index is 0. The fourth-order valence-electron chi connectivity index (χ4n) is 1.18. The van der Waals surface area contributed by atoms with E-state index in [2.05, 4.69) is 10.4 Å². The molecule has 13 heavy (non-hydrogen) atoms. The summed E-state index contributed by atoms with van der Waals surface area (Å²) in [6, 6.07) is 0.104. The van der Waals surface area contributed by atoms with Gasteiger partial charge >= 0.3 is 0 Å². The molecule has 2 rings (SSSR count). The van der Waals surface area contributed by atoms with Gasteiger partial charge < -0.3 is 22.5 Å². The minimum Gasteiger partial charge on any atom is -1.00 e. The number of nitrogens with two attached hydrogens (primary N) is 1. The number of hydrogen-bond acceptors (Lipinski definition) is 5. The number of nitrogen functional groups attached to an aromatic ring is 1. The second-order valence-corrected chi connectivity index (χ2v) is 2.63. The Bertz CT molecular complexity index is 261.